The third-order valence-electron chi connectivity index (χ3n) is 3.18. The van der Waals surface area contributed by atoms with Crippen molar-refractivity contribution in [3.05, 3.63) is 65.5 Å². The SMILES string of the molecule is O=C(/C=C(\O)c1ccccc1)/C=C/C1=C(C(F)(F)F)OCCC1. The van der Waals surface area contributed by atoms with Crippen molar-refractivity contribution >= 4 is 11.5 Å². The number of aliphatic hydroxyl groups excluding tert-OH is 1. The van der Waals surface area contributed by atoms with Crippen LogP contribution in [0.2, 0.25) is 0 Å². The first-order valence-electron chi connectivity index (χ1n) is 6.99. The average Bonchev–Trinajstić information content (AvgIpc) is 2.53. The summed E-state index contributed by atoms with van der Waals surface area (Å²) in [5, 5.41) is 9.80. The minimum atomic E-state index is -4.58. The molecule has 1 N–H and O–H groups in total. The van der Waals surface area contributed by atoms with Crippen molar-refractivity contribution in [2.75, 3.05) is 6.61 Å². The highest BCUT2D eigenvalue weighted by molar-refractivity contribution is 6.03. The van der Waals surface area contributed by atoms with Gasteiger partial charge in [-0.2, -0.15) is 13.2 Å². The van der Waals surface area contributed by atoms with Gasteiger partial charge in [0.2, 0.25) is 5.76 Å². The Morgan fingerprint density at radius 2 is 1.91 bits per heavy atom. The number of rotatable bonds is 4. The minimum Gasteiger partial charge on any atom is -0.507 e. The van der Waals surface area contributed by atoms with Gasteiger partial charge in [-0.15, -0.1) is 0 Å². The molecule has 1 heterocycles. The van der Waals surface area contributed by atoms with Crippen molar-refractivity contribution in [2.24, 2.45) is 0 Å². The van der Waals surface area contributed by atoms with Crippen molar-refractivity contribution in [1.29, 1.82) is 0 Å². The molecule has 0 aliphatic carbocycles. The van der Waals surface area contributed by atoms with E-state index in [-0.39, 0.29) is 24.4 Å². The molecule has 0 spiro atoms. The van der Waals surface area contributed by atoms with Crippen molar-refractivity contribution in [2.45, 2.75) is 19.0 Å². The van der Waals surface area contributed by atoms with E-state index in [0.717, 1.165) is 18.2 Å². The van der Waals surface area contributed by atoms with Gasteiger partial charge < -0.3 is 9.84 Å². The highest BCUT2D eigenvalue weighted by Crippen LogP contribution is 2.34. The van der Waals surface area contributed by atoms with Gasteiger partial charge in [0.15, 0.2) is 5.78 Å². The molecule has 23 heavy (non-hydrogen) atoms. The Morgan fingerprint density at radius 3 is 2.57 bits per heavy atom. The lowest BCUT2D eigenvalue weighted by molar-refractivity contribution is -0.134. The standard InChI is InChI=1S/C17H15F3O3/c18-17(19,20)16-13(7-4-10-23-16)8-9-14(21)11-15(22)12-5-2-1-3-6-12/h1-3,5-6,8-9,11,22H,4,7,10H2/b9-8+,15-11-. The van der Waals surface area contributed by atoms with Gasteiger partial charge in [0.1, 0.15) is 5.76 Å². The maximum atomic E-state index is 12.8. The quantitative estimate of drug-likeness (QED) is 0.662. The predicted molar refractivity (Wildman–Crippen MR) is 79.5 cm³/mol. The van der Waals surface area contributed by atoms with Crippen LogP contribution in [0.25, 0.3) is 5.76 Å². The van der Waals surface area contributed by atoms with Gasteiger partial charge in [0.05, 0.1) is 6.61 Å². The first-order chi connectivity index (χ1) is 10.9. The van der Waals surface area contributed by atoms with Crippen LogP contribution in [0.1, 0.15) is 18.4 Å². The number of carbonyl (C=O) groups excluding carboxylic acids is 1. The van der Waals surface area contributed by atoms with E-state index in [0.29, 0.717) is 12.0 Å². The summed E-state index contributed by atoms with van der Waals surface area (Å²) in [6, 6.07) is 8.37. The fraction of sp³-hybridized carbons (Fsp3) is 0.235. The number of halogens is 3. The minimum absolute atomic E-state index is 0.00876. The van der Waals surface area contributed by atoms with Crippen LogP contribution in [0.5, 0.6) is 0 Å². The summed E-state index contributed by atoms with van der Waals surface area (Å²) in [7, 11) is 0. The third kappa shape index (κ3) is 4.74. The van der Waals surface area contributed by atoms with E-state index in [1.165, 1.54) is 0 Å². The number of allylic oxidation sites excluding steroid dienone is 5. The Bertz CT molecular complexity index is 655. The van der Waals surface area contributed by atoms with Crippen molar-refractivity contribution in [3.63, 3.8) is 0 Å². The Balaban J connectivity index is 2.16. The number of carbonyl (C=O) groups is 1. The molecule has 1 aliphatic heterocycles. The maximum absolute atomic E-state index is 12.8. The highest BCUT2D eigenvalue weighted by atomic mass is 19.4. The summed E-state index contributed by atoms with van der Waals surface area (Å²) in [6.07, 6.45) is -0.881. The fourth-order valence-electron chi connectivity index (χ4n) is 2.12. The van der Waals surface area contributed by atoms with Crippen molar-refractivity contribution in [1.82, 2.24) is 0 Å². The lowest BCUT2D eigenvalue weighted by atomic mass is 10.0. The van der Waals surface area contributed by atoms with E-state index in [1.807, 2.05) is 0 Å². The molecule has 1 aromatic carbocycles. The van der Waals surface area contributed by atoms with Gasteiger partial charge in [-0.3, -0.25) is 4.79 Å². The van der Waals surface area contributed by atoms with Gasteiger partial charge in [-0.05, 0) is 24.5 Å². The van der Waals surface area contributed by atoms with Crippen molar-refractivity contribution < 1.29 is 27.8 Å². The van der Waals surface area contributed by atoms with Crippen LogP contribution in [-0.2, 0) is 9.53 Å². The molecule has 0 bridgehead atoms. The molecule has 0 amide bonds. The average molecular weight is 324 g/mol. The van der Waals surface area contributed by atoms with Crippen LogP contribution in [0.3, 0.4) is 0 Å². The lowest BCUT2D eigenvalue weighted by Crippen LogP contribution is -2.20. The number of hydrogen-bond donors (Lipinski definition) is 1. The van der Waals surface area contributed by atoms with Gasteiger partial charge in [-0.25, -0.2) is 0 Å². The zero-order chi connectivity index (χ0) is 16.9. The van der Waals surface area contributed by atoms with E-state index in [9.17, 15) is 23.1 Å². The number of alkyl halides is 3. The van der Waals surface area contributed by atoms with Crippen LogP contribution >= 0.6 is 0 Å². The molecule has 2 rings (SSSR count). The van der Waals surface area contributed by atoms with E-state index < -0.39 is 17.7 Å². The predicted octanol–water partition coefficient (Wildman–Crippen LogP) is 4.34. The second-order valence-electron chi connectivity index (χ2n) is 4.94. The number of benzene rings is 1. The molecule has 6 heteroatoms. The molecular weight excluding hydrogens is 309 g/mol. The van der Waals surface area contributed by atoms with Gasteiger partial charge in [0, 0.05) is 11.6 Å². The van der Waals surface area contributed by atoms with E-state index in [1.54, 1.807) is 30.3 Å². The topological polar surface area (TPSA) is 46.5 Å². The largest absolute Gasteiger partial charge is 0.507 e. The second-order valence-corrected chi connectivity index (χ2v) is 4.94. The van der Waals surface area contributed by atoms with Gasteiger partial charge >= 0.3 is 6.18 Å². The number of hydrogen-bond acceptors (Lipinski definition) is 3. The molecule has 0 radical (unpaired) electrons. The summed E-state index contributed by atoms with van der Waals surface area (Å²) >= 11 is 0. The smallest absolute Gasteiger partial charge is 0.449 e. The molecule has 0 atom stereocenters. The Kier molecular flexibility index (Phi) is 5.26. The Hall–Kier alpha value is -2.50. The molecule has 3 nitrogen and oxygen atoms in total. The highest BCUT2D eigenvalue weighted by Gasteiger charge is 2.39. The molecule has 1 aromatic rings. The van der Waals surface area contributed by atoms with Crippen molar-refractivity contribution in [3.8, 4) is 0 Å². The van der Waals surface area contributed by atoms with E-state index in [4.69, 9.17) is 0 Å². The Morgan fingerprint density at radius 1 is 1.22 bits per heavy atom. The molecule has 122 valence electrons. The number of ketones is 1. The zero-order valence-electron chi connectivity index (χ0n) is 12.1. The van der Waals surface area contributed by atoms with Gasteiger partial charge in [0.25, 0.3) is 0 Å². The van der Waals surface area contributed by atoms with E-state index >= 15 is 0 Å². The molecule has 0 aromatic heterocycles. The first kappa shape index (κ1) is 16.9. The van der Waals surface area contributed by atoms with Crippen LogP contribution < -0.4 is 0 Å². The summed E-state index contributed by atoms with van der Waals surface area (Å²) in [5.74, 6) is -1.90. The molecule has 0 saturated heterocycles. The lowest BCUT2D eigenvalue weighted by Gasteiger charge is -2.21. The second kappa shape index (κ2) is 7.17. The fourth-order valence-corrected chi connectivity index (χ4v) is 2.12. The molecule has 0 fully saturated rings. The number of ether oxygens (including phenoxy) is 1. The molecule has 0 unspecified atom stereocenters. The van der Waals surface area contributed by atoms with E-state index in [2.05, 4.69) is 4.74 Å². The van der Waals surface area contributed by atoms with Crippen LogP contribution in [-0.4, -0.2) is 23.7 Å². The first-order valence-corrected chi connectivity index (χ1v) is 6.99. The third-order valence-corrected chi connectivity index (χ3v) is 3.18. The molecule has 1 aliphatic rings. The van der Waals surface area contributed by atoms with Crippen LogP contribution in [0.15, 0.2) is 59.9 Å². The zero-order valence-corrected chi connectivity index (χ0v) is 12.1. The van der Waals surface area contributed by atoms with Crippen LogP contribution in [0, 0.1) is 0 Å². The summed E-state index contributed by atoms with van der Waals surface area (Å²) < 4.78 is 43.0. The summed E-state index contributed by atoms with van der Waals surface area (Å²) in [6.45, 7) is 0.00876. The van der Waals surface area contributed by atoms with Gasteiger partial charge in [-0.1, -0.05) is 36.4 Å². The Labute approximate surface area is 131 Å². The summed E-state index contributed by atoms with van der Waals surface area (Å²) in [5.41, 5.74) is 0.384. The number of aliphatic hydroxyl groups is 1. The summed E-state index contributed by atoms with van der Waals surface area (Å²) in [4.78, 5) is 11.8. The molecular formula is C17H15F3O3. The van der Waals surface area contributed by atoms with Crippen LogP contribution in [0.4, 0.5) is 13.2 Å². The monoisotopic (exact) mass is 324 g/mol. The molecule has 0 saturated carbocycles. The normalized spacial score (nSPS) is 16.6. The maximum Gasteiger partial charge on any atom is 0.449 e.